The minimum atomic E-state index is -0.764. The van der Waals surface area contributed by atoms with E-state index in [1.54, 1.807) is 0 Å². The topological polar surface area (TPSA) is 55.1 Å². The molecule has 0 unspecified atom stereocenters. The first kappa shape index (κ1) is 13.6. The van der Waals surface area contributed by atoms with Crippen LogP contribution >= 0.6 is 0 Å². The van der Waals surface area contributed by atoms with Crippen LogP contribution in [0.25, 0.3) is 0 Å². The second-order valence-corrected chi connectivity index (χ2v) is 3.85. The first-order valence-corrected chi connectivity index (χ1v) is 5.50. The first-order valence-electron chi connectivity index (χ1n) is 5.50. The standard InChI is InChI=1S/C12H16F2N2O/c1-8-5-6-9(13)12(11(8)14)16-10(17)4-2-3-7-15/h5-6H,2-4,7,15H2,1H3,(H,16,17). The van der Waals surface area contributed by atoms with Crippen LogP contribution in [0.4, 0.5) is 14.5 Å². The molecule has 0 atom stereocenters. The number of carbonyl (C=O) groups excluding carboxylic acids is 1. The molecule has 94 valence electrons. The van der Waals surface area contributed by atoms with Crippen LogP contribution in [-0.2, 0) is 4.79 Å². The molecular weight excluding hydrogens is 226 g/mol. The molecule has 0 fully saturated rings. The first-order chi connectivity index (χ1) is 8.06. The highest BCUT2D eigenvalue weighted by molar-refractivity contribution is 5.91. The van der Waals surface area contributed by atoms with Crippen LogP contribution in [0, 0.1) is 18.6 Å². The Hall–Kier alpha value is -1.49. The van der Waals surface area contributed by atoms with Gasteiger partial charge in [-0.2, -0.15) is 0 Å². The fourth-order valence-electron chi connectivity index (χ4n) is 1.40. The maximum Gasteiger partial charge on any atom is 0.224 e. The van der Waals surface area contributed by atoms with Gasteiger partial charge in [0.05, 0.1) is 0 Å². The number of aryl methyl sites for hydroxylation is 1. The molecule has 1 aromatic rings. The number of rotatable bonds is 5. The van der Waals surface area contributed by atoms with Crippen LogP contribution in [0.5, 0.6) is 0 Å². The molecule has 0 aliphatic heterocycles. The number of nitrogens with two attached hydrogens (primary N) is 1. The van der Waals surface area contributed by atoms with Crippen molar-refractivity contribution in [3.8, 4) is 0 Å². The number of unbranched alkanes of at least 4 members (excludes halogenated alkanes) is 1. The van der Waals surface area contributed by atoms with Gasteiger partial charge < -0.3 is 11.1 Å². The molecule has 1 aromatic carbocycles. The smallest absolute Gasteiger partial charge is 0.224 e. The van der Waals surface area contributed by atoms with Crippen molar-refractivity contribution in [3.63, 3.8) is 0 Å². The highest BCUT2D eigenvalue weighted by Gasteiger charge is 2.13. The lowest BCUT2D eigenvalue weighted by Crippen LogP contribution is -2.14. The number of nitrogens with one attached hydrogen (secondary N) is 1. The molecule has 0 aliphatic rings. The molecule has 0 aliphatic carbocycles. The monoisotopic (exact) mass is 242 g/mol. The summed E-state index contributed by atoms with van der Waals surface area (Å²) in [6, 6.07) is 2.46. The Balaban J connectivity index is 2.68. The summed E-state index contributed by atoms with van der Waals surface area (Å²) in [4.78, 5) is 11.4. The number of hydrogen-bond donors (Lipinski definition) is 2. The van der Waals surface area contributed by atoms with Crippen LogP contribution < -0.4 is 11.1 Å². The van der Waals surface area contributed by atoms with E-state index in [9.17, 15) is 13.6 Å². The summed E-state index contributed by atoms with van der Waals surface area (Å²) in [7, 11) is 0. The second kappa shape index (κ2) is 6.30. The van der Waals surface area contributed by atoms with Gasteiger partial charge in [0, 0.05) is 6.42 Å². The summed E-state index contributed by atoms with van der Waals surface area (Å²) in [6.07, 6.45) is 1.54. The molecule has 0 bridgehead atoms. The van der Waals surface area contributed by atoms with Crippen molar-refractivity contribution in [3.05, 3.63) is 29.3 Å². The van der Waals surface area contributed by atoms with Crippen LogP contribution in [0.1, 0.15) is 24.8 Å². The van der Waals surface area contributed by atoms with Gasteiger partial charge in [-0.3, -0.25) is 4.79 Å². The van der Waals surface area contributed by atoms with Crippen molar-refractivity contribution in [2.24, 2.45) is 5.73 Å². The Morgan fingerprint density at radius 3 is 2.71 bits per heavy atom. The number of amides is 1. The molecule has 17 heavy (non-hydrogen) atoms. The molecule has 3 nitrogen and oxygen atoms in total. The Kier molecular flexibility index (Phi) is 5.03. The van der Waals surface area contributed by atoms with E-state index < -0.39 is 17.5 Å². The summed E-state index contributed by atoms with van der Waals surface area (Å²) in [5.41, 5.74) is 5.21. The van der Waals surface area contributed by atoms with E-state index in [2.05, 4.69) is 5.32 Å². The van der Waals surface area contributed by atoms with Gasteiger partial charge in [-0.05, 0) is 37.9 Å². The minimum Gasteiger partial charge on any atom is -0.330 e. The third-order valence-electron chi connectivity index (χ3n) is 2.41. The molecular formula is C12H16F2N2O. The third kappa shape index (κ3) is 3.78. The van der Waals surface area contributed by atoms with Gasteiger partial charge in [-0.25, -0.2) is 8.78 Å². The Morgan fingerprint density at radius 2 is 2.06 bits per heavy atom. The van der Waals surface area contributed by atoms with E-state index in [4.69, 9.17) is 5.73 Å². The lowest BCUT2D eigenvalue weighted by molar-refractivity contribution is -0.116. The largest absolute Gasteiger partial charge is 0.330 e. The molecule has 0 radical (unpaired) electrons. The Bertz CT molecular complexity index is 408. The van der Waals surface area contributed by atoms with Crippen molar-refractivity contribution in [1.82, 2.24) is 0 Å². The van der Waals surface area contributed by atoms with Crippen molar-refractivity contribution in [2.75, 3.05) is 11.9 Å². The van der Waals surface area contributed by atoms with Crippen molar-refractivity contribution in [2.45, 2.75) is 26.2 Å². The van der Waals surface area contributed by atoms with Crippen LogP contribution in [0.3, 0.4) is 0 Å². The molecule has 0 spiro atoms. The summed E-state index contributed by atoms with van der Waals surface area (Å²) in [6.45, 7) is 2.01. The van der Waals surface area contributed by atoms with E-state index in [0.717, 1.165) is 6.07 Å². The van der Waals surface area contributed by atoms with Crippen LogP contribution in [-0.4, -0.2) is 12.5 Å². The van der Waals surface area contributed by atoms with Crippen LogP contribution in [0.15, 0.2) is 12.1 Å². The van der Waals surface area contributed by atoms with Gasteiger partial charge in [-0.1, -0.05) is 6.07 Å². The lowest BCUT2D eigenvalue weighted by Gasteiger charge is -2.09. The summed E-state index contributed by atoms with van der Waals surface area (Å²) in [5, 5.41) is 2.25. The molecule has 1 amide bonds. The Morgan fingerprint density at radius 1 is 1.35 bits per heavy atom. The number of anilines is 1. The predicted octanol–water partition coefficient (Wildman–Crippen LogP) is 2.34. The molecule has 0 saturated carbocycles. The molecule has 0 heterocycles. The number of carbonyl (C=O) groups is 1. The van der Waals surface area contributed by atoms with Crippen molar-refractivity contribution in [1.29, 1.82) is 0 Å². The number of benzene rings is 1. The van der Waals surface area contributed by atoms with Gasteiger partial charge in [0.25, 0.3) is 0 Å². The molecule has 1 rings (SSSR count). The van der Waals surface area contributed by atoms with E-state index in [-0.39, 0.29) is 12.1 Å². The summed E-state index contributed by atoms with van der Waals surface area (Å²) < 4.78 is 26.8. The van der Waals surface area contributed by atoms with E-state index >= 15 is 0 Å². The highest BCUT2D eigenvalue weighted by atomic mass is 19.1. The number of hydrogen-bond acceptors (Lipinski definition) is 2. The lowest BCUT2D eigenvalue weighted by atomic mass is 10.2. The molecule has 3 N–H and O–H groups in total. The fraction of sp³-hybridized carbons (Fsp3) is 0.417. The van der Waals surface area contributed by atoms with Crippen molar-refractivity contribution < 1.29 is 13.6 Å². The molecule has 5 heteroatoms. The minimum absolute atomic E-state index is 0.212. The zero-order valence-electron chi connectivity index (χ0n) is 9.72. The maximum atomic E-state index is 13.5. The van der Waals surface area contributed by atoms with Gasteiger partial charge in [-0.15, -0.1) is 0 Å². The average molecular weight is 242 g/mol. The average Bonchev–Trinajstić information content (AvgIpc) is 2.30. The predicted molar refractivity (Wildman–Crippen MR) is 62.6 cm³/mol. The van der Waals surface area contributed by atoms with E-state index in [1.807, 2.05) is 0 Å². The van der Waals surface area contributed by atoms with E-state index in [1.165, 1.54) is 13.0 Å². The summed E-state index contributed by atoms with van der Waals surface area (Å²) in [5.74, 6) is -1.89. The van der Waals surface area contributed by atoms with Gasteiger partial charge >= 0.3 is 0 Å². The highest BCUT2D eigenvalue weighted by Crippen LogP contribution is 2.21. The van der Waals surface area contributed by atoms with Gasteiger partial charge in [0.15, 0.2) is 5.82 Å². The summed E-state index contributed by atoms with van der Waals surface area (Å²) >= 11 is 0. The normalized spacial score (nSPS) is 10.4. The quantitative estimate of drug-likeness (QED) is 0.779. The Labute approximate surface area is 99.0 Å². The van der Waals surface area contributed by atoms with Gasteiger partial charge in [0.1, 0.15) is 11.5 Å². The second-order valence-electron chi connectivity index (χ2n) is 3.85. The third-order valence-corrected chi connectivity index (χ3v) is 2.41. The molecule has 0 aromatic heterocycles. The number of halogens is 2. The van der Waals surface area contributed by atoms with Crippen LogP contribution in [0.2, 0.25) is 0 Å². The zero-order chi connectivity index (χ0) is 12.8. The molecule has 0 saturated heterocycles. The zero-order valence-corrected chi connectivity index (χ0v) is 9.72. The van der Waals surface area contributed by atoms with Crippen molar-refractivity contribution >= 4 is 11.6 Å². The fourth-order valence-corrected chi connectivity index (χ4v) is 1.40. The van der Waals surface area contributed by atoms with Gasteiger partial charge in [0.2, 0.25) is 5.91 Å². The maximum absolute atomic E-state index is 13.5. The SMILES string of the molecule is Cc1ccc(F)c(NC(=O)CCCCN)c1F. The van der Waals surface area contributed by atoms with E-state index in [0.29, 0.717) is 24.9 Å².